The molecule has 20 heavy (non-hydrogen) atoms. The highest BCUT2D eigenvalue weighted by molar-refractivity contribution is 7.91. The molecule has 6 nitrogen and oxygen atoms in total. The minimum atomic E-state index is -2.99. The van der Waals surface area contributed by atoms with Crippen LogP contribution in [-0.4, -0.2) is 43.4 Å². The highest BCUT2D eigenvalue weighted by Gasteiger charge is 2.29. The number of nitrogens with one attached hydrogen (secondary N) is 2. The highest BCUT2D eigenvalue weighted by Crippen LogP contribution is 2.15. The molecule has 2 rings (SSSR count). The fourth-order valence-electron chi connectivity index (χ4n) is 2.14. The molecule has 1 amide bonds. The molecule has 0 radical (unpaired) electrons. The Bertz CT molecular complexity index is 586. The van der Waals surface area contributed by atoms with E-state index in [4.69, 9.17) is 0 Å². The molecule has 0 spiro atoms. The predicted octanol–water partition coefficient (Wildman–Crippen LogP) is 0.820. The maximum atomic E-state index is 12.2. The Kier molecular flexibility index (Phi) is 4.59. The lowest BCUT2D eigenvalue weighted by Crippen LogP contribution is -2.36. The van der Waals surface area contributed by atoms with Gasteiger partial charge in [-0.2, -0.15) is 0 Å². The number of pyridine rings is 1. The van der Waals surface area contributed by atoms with E-state index in [9.17, 15) is 13.2 Å². The maximum Gasteiger partial charge on any atom is 0.255 e. The SMILES string of the molecule is CCCNc1ncccc1C(=O)NC1CCS(=O)(=O)C1. The summed E-state index contributed by atoms with van der Waals surface area (Å²) in [7, 11) is -2.99. The summed E-state index contributed by atoms with van der Waals surface area (Å²) in [4.78, 5) is 16.4. The van der Waals surface area contributed by atoms with E-state index in [1.54, 1.807) is 18.3 Å². The van der Waals surface area contributed by atoms with Gasteiger partial charge >= 0.3 is 0 Å². The monoisotopic (exact) mass is 297 g/mol. The summed E-state index contributed by atoms with van der Waals surface area (Å²) in [6.07, 6.45) is 3.03. The molecule has 0 bridgehead atoms. The second-order valence-electron chi connectivity index (χ2n) is 4.90. The molecule has 0 aromatic carbocycles. The molecular weight excluding hydrogens is 278 g/mol. The van der Waals surface area contributed by atoms with Gasteiger partial charge in [-0.15, -0.1) is 0 Å². The summed E-state index contributed by atoms with van der Waals surface area (Å²) < 4.78 is 22.8. The number of carbonyl (C=O) groups is 1. The zero-order valence-corrected chi connectivity index (χ0v) is 12.2. The number of anilines is 1. The number of amides is 1. The first kappa shape index (κ1) is 14.8. The van der Waals surface area contributed by atoms with E-state index in [1.165, 1.54) is 0 Å². The molecule has 7 heteroatoms. The van der Waals surface area contributed by atoms with Crippen molar-refractivity contribution in [2.24, 2.45) is 0 Å². The van der Waals surface area contributed by atoms with Crippen molar-refractivity contribution in [3.63, 3.8) is 0 Å². The van der Waals surface area contributed by atoms with E-state index in [-0.39, 0.29) is 23.5 Å². The summed E-state index contributed by atoms with van der Waals surface area (Å²) in [6, 6.07) is 3.08. The van der Waals surface area contributed by atoms with E-state index in [1.807, 2.05) is 6.92 Å². The summed E-state index contributed by atoms with van der Waals surface area (Å²) >= 11 is 0. The van der Waals surface area contributed by atoms with Crippen molar-refractivity contribution in [3.8, 4) is 0 Å². The number of rotatable bonds is 5. The Morgan fingerprint density at radius 3 is 2.95 bits per heavy atom. The van der Waals surface area contributed by atoms with Crippen LogP contribution >= 0.6 is 0 Å². The number of aromatic nitrogens is 1. The zero-order valence-electron chi connectivity index (χ0n) is 11.4. The van der Waals surface area contributed by atoms with Gasteiger partial charge in [0.05, 0.1) is 17.1 Å². The predicted molar refractivity (Wildman–Crippen MR) is 77.5 cm³/mol. The maximum absolute atomic E-state index is 12.2. The summed E-state index contributed by atoms with van der Waals surface area (Å²) in [5, 5.41) is 5.86. The van der Waals surface area contributed by atoms with E-state index >= 15 is 0 Å². The highest BCUT2D eigenvalue weighted by atomic mass is 32.2. The van der Waals surface area contributed by atoms with Gasteiger partial charge in [0.15, 0.2) is 9.84 Å². The average Bonchev–Trinajstić information content (AvgIpc) is 2.76. The third-order valence-electron chi connectivity index (χ3n) is 3.16. The van der Waals surface area contributed by atoms with Crippen molar-refractivity contribution in [3.05, 3.63) is 23.9 Å². The van der Waals surface area contributed by atoms with Gasteiger partial charge in [0.2, 0.25) is 0 Å². The van der Waals surface area contributed by atoms with Crippen molar-refractivity contribution >= 4 is 21.6 Å². The van der Waals surface area contributed by atoms with Gasteiger partial charge in [0.1, 0.15) is 5.82 Å². The molecule has 1 atom stereocenters. The van der Waals surface area contributed by atoms with E-state index < -0.39 is 9.84 Å². The van der Waals surface area contributed by atoms with Crippen LogP contribution in [0.5, 0.6) is 0 Å². The van der Waals surface area contributed by atoms with Crippen molar-refractivity contribution in [2.45, 2.75) is 25.8 Å². The topological polar surface area (TPSA) is 88.2 Å². The second-order valence-corrected chi connectivity index (χ2v) is 7.13. The summed E-state index contributed by atoms with van der Waals surface area (Å²) in [6.45, 7) is 2.76. The Labute approximate surface area is 118 Å². The van der Waals surface area contributed by atoms with Gasteiger partial charge in [-0.25, -0.2) is 13.4 Å². The Morgan fingerprint density at radius 2 is 2.30 bits per heavy atom. The van der Waals surface area contributed by atoms with Crippen LogP contribution in [0.25, 0.3) is 0 Å². The normalized spacial score (nSPS) is 20.6. The molecular formula is C13H19N3O3S. The smallest absolute Gasteiger partial charge is 0.255 e. The van der Waals surface area contributed by atoms with Crippen LogP contribution in [0, 0.1) is 0 Å². The molecule has 1 fully saturated rings. The van der Waals surface area contributed by atoms with E-state index in [0.717, 1.165) is 13.0 Å². The molecule has 2 N–H and O–H groups in total. The Hall–Kier alpha value is -1.63. The molecule has 0 aliphatic carbocycles. The lowest BCUT2D eigenvalue weighted by atomic mass is 10.2. The quantitative estimate of drug-likeness (QED) is 0.840. The van der Waals surface area contributed by atoms with Gasteiger partial charge in [-0.3, -0.25) is 4.79 Å². The Balaban J connectivity index is 2.06. The fraction of sp³-hybridized carbons (Fsp3) is 0.538. The Morgan fingerprint density at radius 1 is 1.50 bits per heavy atom. The number of hydrogen-bond donors (Lipinski definition) is 2. The first-order chi connectivity index (χ1) is 9.52. The minimum Gasteiger partial charge on any atom is -0.369 e. The van der Waals surface area contributed by atoms with Crippen LogP contribution in [0.1, 0.15) is 30.1 Å². The van der Waals surface area contributed by atoms with Gasteiger partial charge < -0.3 is 10.6 Å². The van der Waals surface area contributed by atoms with Crippen molar-refractivity contribution in [1.82, 2.24) is 10.3 Å². The van der Waals surface area contributed by atoms with Crippen molar-refractivity contribution < 1.29 is 13.2 Å². The molecule has 1 aliphatic rings. The number of carbonyl (C=O) groups excluding carboxylic acids is 1. The van der Waals surface area contributed by atoms with Gasteiger partial charge in [-0.1, -0.05) is 6.92 Å². The molecule has 2 heterocycles. The largest absolute Gasteiger partial charge is 0.369 e. The molecule has 1 aliphatic heterocycles. The minimum absolute atomic E-state index is 0.0245. The zero-order chi connectivity index (χ0) is 14.6. The summed E-state index contributed by atoms with van der Waals surface area (Å²) in [5.41, 5.74) is 0.449. The van der Waals surface area contributed by atoms with Crippen LogP contribution < -0.4 is 10.6 Å². The molecule has 1 saturated heterocycles. The third-order valence-corrected chi connectivity index (χ3v) is 4.93. The first-order valence-electron chi connectivity index (χ1n) is 6.72. The van der Waals surface area contributed by atoms with Crippen LogP contribution in [0.2, 0.25) is 0 Å². The average molecular weight is 297 g/mol. The molecule has 0 saturated carbocycles. The summed E-state index contributed by atoms with van der Waals surface area (Å²) in [5.74, 6) is 0.425. The molecule has 1 aromatic heterocycles. The number of hydrogen-bond acceptors (Lipinski definition) is 5. The van der Waals surface area contributed by atoms with Crippen molar-refractivity contribution in [2.75, 3.05) is 23.4 Å². The van der Waals surface area contributed by atoms with Crippen LogP contribution in [0.15, 0.2) is 18.3 Å². The number of sulfone groups is 1. The number of nitrogens with zero attached hydrogens (tertiary/aromatic N) is 1. The van der Waals surface area contributed by atoms with E-state index in [2.05, 4.69) is 15.6 Å². The van der Waals surface area contributed by atoms with Crippen LogP contribution in [0.3, 0.4) is 0 Å². The van der Waals surface area contributed by atoms with Crippen LogP contribution in [-0.2, 0) is 9.84 Å². The fourth-order valence-corrected chi connectivity index (χ4v) is 3.82. The lowest BCUT2D eigenvalue weighted by Gasteiger charge is -2.13. The lowest BCUT2D eigenvalue weighted by molar-refractivity contribution is 0.0941. The van der Waals surface area contributed by atoms with E-state index in [0.29, 0.717) is 17.8 Å². The van der Waals surface area contributed by atoms with Gasteiger partial charge in [-0.05, 0) is 25.0 Å². The standard InChI is InChI=1S/C13H19N3O3S/c1-2-6-14-12-11(4-3-7-15-12)13(17)16-10-5-8-20(18,19)9-10/h3-4,7,10H,2,5-6,8-9H2,1H3,(H,14,15)(H,16,17). The molecule has 1 aromatic rings. The first-order valence-corrected chi connectivity index (χ1v) is 8.54. The van der Waals surface area contributed by atoms with Gasteiger partial charge in [0.25, 0.3) is 5.91 Å². The molecule has 110 valence electrons. The van der Waals surface area contributed by atoms with Crippen molar-refractivity contribution in [1.29, 1.82) is 0 Å². The molecule has 1 unspecified atom stereocenters. The third kappa shape index (κ3) is 3.69. The van der Waals surface area contributed by atoms with Gasteiger partial charge in [0, 0.05) is 18.8 Å². The van der Waals surface area contributed by atoms with Crippen LogP contribution in [0.4, 0.5) is 5.82 Å². The second kappa shape index (κ2) is 6.21.